The van der Waals surface area contributed by atoms with E-state index in [4.69, 9.17) is 5.73 Å². The van der Waals surface area contributed by atoms with E-state index in [0.717, 1.165) is 35.0 Å². The van der Waals surface area contributed by atoms with Crippen molar-refractivity contribution in [3.63, 3.8) is 0 Å². The largest absolute Gasteiger partial charge is 0.398 e. The van der Waals surface area contributed by atoms with E-state index in [2.05, 4.69) is 31.1 Å². The summed E-state index contributed by atoms with van der Waals surface area (Å²) < 4.78 is 0. The summed E-state index contributed by atoms with van der Waals surface area (Å²) >= 11 is 0. The molecule has 1 aromatic heterocycles. The fraction of sp³-hybridized carbons (Fsp3) is 0.400. The van der Waals surface area contributed by atoms with Crippen molar-refractivity contribution in [3.05, 3.63) is 30.6 Å². The van der Waals surface area contributed by atoms with Gasteiger partial charge >= 0.3 is 0 Å². The van der Waals surface area contributed by atoms with Crippen molar-refractivity contribution >= 4 is 22.1 Å². The molecule has 0 spiro atoms. The van der Waals surface area contributed by atoms with Gasteiger partial charge in [-0.25, -0.2) is 0 Å². The maximum absolute atomic E-state index is 5.99. The summed E-state index contributed by atoms with van der Waals surface area (Å²) in [4.78, 5) is 4.20. The van der Waals surface area contributed by atoms with Gasteiger partial charge in [-0.15, -0.1) is 0 Å². The zero-order valence-corrected chi connectivity index (χ0v) is 11.3. The van der Waals surface area contributed by atoms with Crippen LogP contribution >= 0.6 is 0 Å². The number of nitrogens with zero attached hydrogens (tertiary/aromatic N) is 1. The van der Waals surface area contributed by atoms with Gasteiger partial charge in [0.05, 0.1) is 0 Å². The number of rotatable bonds is 4. The summed E-state index contributed by atoms with van der Waals surface area (Å²) in [7, 11) is 0. The van der Waals surface area contributed by atoms with E-state index in [1.54, 1.807) is 6.20 Å². The average Bonchev–Trinajstić information content (AvgIpc) is 2.33. The summed E-state index contributed by atoms with van der Waals surface area (Å²) in [6.07, 6.45) is 5.93. The van der Waals surface area contributed by atoms with Gasteiger partial charge in [0.25, 0.3) is 0 Å². The van der Waals surface area contributed by atoms with E-state index in [1.165, 1.54) is 0 Å². The Morgan fingerprint density at radius 3 is 2.72 bits per heavy atom. The lowest BCUT2D eigenvalue weighted by atomic mass is 9.97. The maximum Gasteiger partial charge on any atom is 0.0441 e. The quantitative estimate of drug-likeness (QED) is 0.803. The van der Waals surface area contributed by atoms with E-state index >= 15 is 0 Å². The summed E-state index contributed by atoms with van der Waals surface area (Å²) in [5, 5.41) is 5.74. The molecule has 0 aliphatic carbocycles. The third-order valence-electron chi connectivity index (χ3n) is 3.20. The molecule has 0 atom stereocenters. The third-order valence-corrected chi connectivity index (χ3v) is 3.20. The smallest absolute Gasteiger partial charge is 0.0441 e. The Labute approximate surface area is 108 Å². The number of fused-ring (bicyclic) bond motifs is 1. The number of aromatic nitrogens is 1. The Hall–Kier alpha value is -1.77. The van der Waals surface area contributed by atoms with Crippen LogP contribution in [0.1, 0.15) is 33.6 Å². The van der Waals surface area contributed by atoms with Crippen molar-refractivity contribution in [2.45, 2.75) is 39.2 Å². The van der Waals surface area contributed by atoms with Gasteiger partial charge in [0.2, 0.25) is 0 Å². The number of anilines is 2. The number of hydrogen-bond donors (Lipinski definition) is 2. The number of nitrogens with two attached hydrogens (primary N) is 1. The molecule has 2 aromatic rings. The molecule has 0 amide bonds. The molecular weight excluding hydrogens is 222 g/mol. The molecule has 0 bridgehead atoms. The van der Waals surface area contributed by atoms with Gasteiger partial charge in [-0.3, -0.25) is 4.98 Å². The van der Waals surface area contributed by atoms with Gasteiger partial charge in [-0.2, -0.15) is 0 Å². The van der Waals surface area contributed by atoms with Crippen LogP contribution < -0.4 is 11.1 Å². The SMILES string of the molecule is CCCC(C)(C)Nc1ccc(N)c2ccncc12. The Bertz CT molecular complexity index is 546. The second-order valence-corrected chi connectivity index (χ2v) is 5.38. The molecule has 0 aliphatic rings. The van der Waals surface area contributed by atoms with Crippen LogP contribution in [0.3, 0.4) is 0 Å². The molecule has 3 N–H and O–H groups in total. The molecule has 0 fully saturated rings. The molecule has 0 saturated heterocycles. The fourth-order valence-electron chi connectivity index (χ4n) is 2.37. The van der Waals surface area contributed by atoms with Crippen LogP contribution in [-0.4, -0.2) is 10.5 Å². The minimum atomic E-state index is 0.0770. The van der Waals surface area contributed by atoms with E-state index in [0.29, 0.717) is 0 Å². The highest BCUT2D eigenvalue weighted by Gasteiger charge is 2.17. The molecule has 0 unspecified atom stereocenters. The highest BCUT2D eigenvalue weighted by Crippen LogP contribution is 2.30. The van der Waals surface area contributed by atoms with Crippen molar-refractivity contribution in [3.8, 4) is 0 Å². The molecule has 0 radical (unpaired) electrons. The number of pyridine rings is 1. The van der Waals surface area contributed by atoms with Crippen molar-refractivity contribution < 1.29 is 0 Å². The maximum atomic E-state index is 5.99. The lowest BCUT2D eigenvalue weighted by Gasteiger charge is -2.28. The van der Waals surface area contributed by atoms with Crippen LogP contribution in [0.5, 0.6) is 0 Å². The Kier molecular flexibility index (Phi) is 3.41. The molecule has 1 heterocycles. The van der Waals surface area contributed by atoms with Crippen molar-refractivity contribution in [2.75, 3.05) is 11.1 Å². The topological polar surface area (TPSA) is 50.9 Å². The van der Waals surface area contributed by atoms with Gasteiger partial charge in [-0.05, 0) is 38.5 Å². The van der Waals surface area contributed by atoms with Gasteiger partial charge in [-0.1, -0.05) is 13.3 Å². The summed E-state index contributed by atoms with van der Waals surface area (Å²) in [5.41, 5.74) is 7.97. The minimum absolute atomic E-state index is 0.0770. The molecule has 1 aromatic carbocycles. The second kappa shape index (κ2) is 4.84. The highest BCUT2D eigenvalue weighted by molar-refractivity contribution is 6.00. The Morgan fingerprint density at radius 2 is 2.00 bits per heavy atom. The van der Waals surface area contributed by atoms with Gasteiger partial charge in [0, 0.05) is 40.1 Å². The Balaban J connectivity index is 2.43. The van der Waals surface area contributed by atoms with Crippen molar-refractivity contribution in [2.24, 2.45) is 0 Å². The zero-order valence-electron chi connectivity index (χ0n) is 11.3. The van der Waals surface area contributed by atoms with Crippen LogP contribution in [0.25, 0.3) is 10.8 Å². The van der Waals surface area contributed by atoms with Crippen LogP contribution in [0, 0.1) is 0 Å². The normalized spacial score (nSPS) is 11.7. The minimum Gasteiger partial charge on any atom is -0.398 e. The molecule has 0 saturated carbocycles. The first-order valence-electron chi connectivity index (χ1n) is 6.44. The van der Waals surface area contributed by atoms with Crippen LogP contribution in [-0.2, 0) is 0 Å². The predicted molar refractivity (Wildman–Crippen MR) is 78.8 cm³/mol. The highest BCUT2D eigenvalue weighted by atomic mass is 15.0. The molecule has 3 nitrogen and oxygen atoms in total. The monoisotopic (exact) mass is 243 g/mol. The standard InChI is InChI=1S/C15H21N3/c1-4-8-15(2,3)18-14-6-5-13(16)11-7-9-17-10-12(11)14/h5-7,9-10,18H,4,8,16H2,1-3H3. The third kappa shape index (κ3) is 2.55. The first-order valence-corrected chi connectivity index (χ1v) is 6.44. The molecule has 3 heteroatoms. The van der Waals surface area contributed by atoms with E-state index < -0.39 is 0 Å². The fourth-order valence-corrected chi connectivity index (χ4v) is 2.37. The number of hydrogen-bond acceptors (Lipinski definition) is 3. The first-order chi connectivity index (χ1) is 8.53. The number of nitrogen functional groups attached to an aromatic ring is 1. The van der Waals surface area contributed by atoms with E-state index in [1.807, 2.05) is 24.4 Å². The average molecular weight is 243 g/mol. The van der Waals surface area contributed by atoms with Crippen molar-refractivity contribution in [1.29, 1.82) is 0 Å². The van der Waals surface area contributed by atoms with Gasteiger partial charge < -0.3 is 11.1 Å². The Morgan fingerprint density at radius 1 is 1.22 bits per heavy atom. The van der Waals surface area contributed by atoms with Crippen LogP contribution in [0.4, 0.5) is 11.4 Å². The number of nitrogens with one attached hydrogen (secondary N) is 1. The van der Waals surface area contributed by atoms with Gasteiger partial charge in [0.15, 0.2) is 0 Å². The molecule has 18 heavy (non-hydrogen) atoms. The lowest BCUT2D eigenvalue weighted by Crippen LogP contribution is -2.30. The summed E-state index contributed by atoms with van der Waals surface area (Å²) in [5.74, 6) is 0. The summed E-state index contributed by atoms with van der Waals surface area (Å²) in [6, 6.07) is 5.95. The van der Waals surface area contributed by atoms with Crippen LogP contribution in [0.2, 0.25) is 0 Å². The molecule has 0 aliphatic heterocycles. The lowest BCUT2D eigenvalue weighted by molar-refractivity contribution is 0.511. The van der Waals surface area contributed by atoms with Gasteiger partial charge in [0.1, 0.15) is 0 Å². The first kappa shape index (κ1) is 12.7. The van der Waals surface area contributed by atoms with Crippen LogP contribution in [0.15, 0.2) is 30.6 Å². The summed E-state index contributed by atoms with van der Waals surface area (Å²) in [6.45, 7) is 6.64. The second-order valence-electron chi connectivity index (χ2n) is 5.38. The van der Waals surface area contributed by atoms with E-state index in [-0.39, 0.29) is 5.54 Å². The molecule has 2 rings (SSSR count). The predicted octanol–water partition coefficient (Wildman–Crippen LogP) is 3.81. The molecule has 96 valence electrons. The zero-order chi connectivity index (χ0) is 13.2. The van der Waals surface area contributed by atoms with Crippen molar-refractivity contribution in [1.82, 2.24) is 4.98 Å². The van der Waals surface area contributed by atoms with E-state index in [9.17, 15) is 0 Å². The molecular formula is C15H21N3. The number of benzene rings is 1.